The van der Waals surface area contributed by atoms with Crippen LogP contribution in [0.2, 0.25) is 0 Å². The zero-order chi connectivity index (χ0) is 20.9. The third kappa shape index (κ3) is 4.00. The summed E-state index contributed by atoms with van der Waals surface area (Å²) < 4.78 is 5.96. The van der Waals surface area contributed by atoms with E-state index in [9.17, 15) is 14.9 Å². The molecule has 30 heavy (non-hydrogen) atoms. The monoisotopic (exact) mass is 401 g/mol. The van der Waals surface area contributed by atoms with Crippen LogP contribution in [-0.2, 0) is 6.61 Å². The van der Waals surface area contributed by atoms with Crippen molar-refractivity contribution in [1.82, 2.24) is 10.6 Å². The highest BCUT2D eigenvalue weighted by molar-refractivity contribution is 5.89. The van der Waals surface area contributed by atoms with E-state index >= 15 is 0 Å². The molecule has 1 aliphatic heterocycles. The number of urea groups is 1. The van der Waals surface area contributed by atoms with Crippen LogP contribution >= 0.6 is 0 Å². The minimum absolute atomic E-state index is 0.142. The SMILES string of the molecule is O=C1NC(c2ccccc2)=C([N+](=O)[O-])C(c2ccccc2OCc2ccccc2)N1. The van der Waals surface area contributed by atoms with Gasteiger partial charge in [-0.25, -0.2) is 4.79 Å². The topological polar surface area (TPSA) is 93.5 Å². The van der Waals surface area contributed by atoms with Crippen molar-refractivity contribution in [2.24, 2.45) is 0 Å². The lowest BCUT2D eigenvalue weighted by Gasteiger charge is -2.26. The summed E-state index contributed by atoms with van der Waals surface area (Å²) in [6.45, 7) is 0.305. The van der Waals surface area contributed by atoms with E-state index < -0.39 is 17.0 Å². The molecule has 0 spiro atoms. The van der Waals surface area contributed by atoms with E-state index in [0.717, 1.165) is 5.56 Å². The molecule has 1 atom stereocenters. The summed E-state index contributed by atoms with van der Waals surface area (Å²) in [5, 5.41) is 17.3. The summed E-state index contributed by atoms with van der Waals surface area (Å²) in [5.41, 5.74) is 2.08. The Morgan fingerprint density at radius 2 is 1.53 bits per heavy atom. The van der Waals surface area contributed by atoms with Crippen LogP contribution in [0, 0.1) is 10.1 Å². The average molecular weight is 401 g/mol. The summed E-state index contributed by atoms with van der Waals surface area (Å²) in [6, 6.07) is 23.9. The number of benzene rings is 3. The molecule has 1 unspecified atom stereocenters. The zero-order valence-corrected chi connectivity index (χ0v) is 15.9. The molecule has 0 aromatic heterocycles. The molecular formula is C23H19N3O4. The Bertz CT molecular complexity index is 1100. The van der Waals surface area contributed by atoms with E-state index in [-0.39, 0.29) is 11.4 Å². The van der Waals surface area contributed by atoms with Gasteiger partial charge in [0, 0.05) is 11.1 Å². The van der Waals surface area contributed by atoms with Gasteiger partial charge in [-0.2, -0.15) is 0 Å². The fourth-order valence-corrected chi connectivity index (χ4v) is 3.39. The van der Waals surface area contributed by atoms with Gasteiger partial charge in [-0.05, 0) is 11.6 Å². The smallest absolute Gasteiger partial charge is 0.320 e. The van der Waals surface area contributed by atoms with Crippen molar-refractivity contribution in [1.29, 1.82) is 0 Å². The van der Waals surface area contributed by atoms with Crippen LogP contribution in [-0.4, -0.2) is 11.0 Å². The lowest BCUT2D eigenvalue weighted by atomic mass is 9.97. The Balaban J connectivity index is 1.75. The van der Waals surface area contributed by atoms with Gasteiger partial charge in [0.05, 0.1) is 4.92 Å². The molecule has 0 bridgehead atoms. The summed E-state index contributed by atoms with van der Waals surface area (Å²) >= 11 is 0. The Morgan fingerprint density at radius 3 is 2.23 bits per heavy atom. The number of hydrogen-bond acceptors (Lipinski definition) is 4. The molecule has 0 saturated carbocycles. The standard InChI is InChI=1S/C23H19N3O4/c27-23-24-20(17-11-5-2-6-12-17)22(26(28)29)21(25-23)18-13-7-8-14-19(18)30-15-16-9-3-1-4-10-16/h1-14,21H,15H2,(H2,24,25,27). The predicted octanol–water partition coefficient (Wildman–Crippen LogP) is 4.27. The van der Waals surface area contributed by atoms with Crippen molar-refractivity contribution >= 4 is 11.7 Å². The van der Waals surface area contributed by atoms with E-state index in [1.54, 1.807) is 48.5 Å². The van der Waals surface area contributed by atoms with Gasteiger partial charge < -0.3 is 15.4 Å². The highest BCUT2D eigenvalue weighted by atomic mass is 16.6. The molecule has 0 aliphatic carbocycles. The summed E-state index contributed by atoms with van der Waals surface area (Å²) in [4.78, 5) is 23.9. The minimum Gasteiger partial charge on any atom is -0.489 e. The highest BCUT2D eigenvalue weighted by Crippen LogP contribution is 2.35. The zero-order valence-electron chi connectivity index (χ0n) is 15.9. The lowest BCUT2D eigenvalue weighted by Crippen LogP contribution is -2.45. The quantitative estimate of drug-likeness (QED) is 0.477. The van der Waals surface area contributed by atoms with Crippen LogP contribution in [0.3, 0.4) is 0 Å². The van der Waals surface area contributed by atoms with Crippen molar-refractivity contribution < 1.29 is 14.5 Å². The molecule has 1 aliphatic rings. The Kier molecular flexibility index (Phi) is 5.43. The van der Waals surface area contributed by atoms with E-state index in [0.29, 0.717) is 23.5 Å². The maximum Gasteiger partial charge on any atom is 0.320 e. The van der Waals surface area contributed by atoms with Gasteiger partial charge in [0.1, 0.15) is 18.1 Å². The second-order valence-corrected chi connectivity index (χ2v) is 6.73. The van der Waals surface area contributed by atoms with Gasteiger partial charge in [0.2, 0.25) is 0 Å². The minimum atomic E-state index is -0.962. The summed E-state index contributed by atoms with van der Waals surface area (Å²) in [5.74, 6) is 0.473. The average Bonchev–Trinajstić information content (AvgIpc) is 2.78. The molecule has 150 valence electrons. The molecule has 0 radical (unpaired) electrons. The number of para-hydroxylation sites is 1. The van der Waals surface area contributed by atoms with Crippen LogP contribution in [0.15, 0.2) is 90.6 Å². The number of nitrogens with one attached hydrogen (secondary N) is 2. The first-order chi connectivity index (χ1) is 14.6. The normalized spacial score (nSPS) is 15.9. The van der Waals surface area contributed by atoms with E-state index in [1.165, 1.54) is 0 Å². The van der Waals surface area contributed by atoms with Crippen molar-refractivity contribution in [3.63, 3.8) is 0 Å². The highest BCUT2D eigenvalue weighted by Gasteiger charge is 2.39. The second-order valence-electron chi connectivity index (χ2n) is 6.73. The molecule has 3 aromatic rings. The van der Waals surface area contributed by atoms with Crippen LogP contribution < -0.4 is 15.4 Å². The fourth-order valence-electron chi connectivity index (χ4n) is 3.39. The molecule has 0 saturated heterocycles. The molecule has 7 nitrogen and oxygen atoms in total. The van der Waals surface area contributed by atoms with E-state index in [1.807, 2.05) is 36.4 Å². The molecule has 2 N–H and O–H groups in total. The molecule has 0 fully saturated rings. The maximum atomic E-state index is 12.4. The number of nitrogens with zero attached hydrogens (tertiary/aromatic N) is 1. The van der Waals surface area contributed by atoms with Gasteiger partial charge in [-0.3, -0.25) is 10.1 Å². The first-order valence-corrected chi connectivity index (χ1v) is 9.40. The van der Waals surface area contributed by atoms with Crippen molar-refractivity contribution in [2.75, 3.05) is 0 Å². The Labute approximate surface area is 173 Å². The number of ether oxygens (including phenoxy) is 1. The van der Waals surface area contributed by atoms with Gasteiger partial charge >= 0.3 is 6.03 Å². The summed E-state index contributed by atoms with van der Waals surface area (Å²) in [6.07, 6.45) is 0. The third-order valence-corrected chi connectivity index (χ3v) is 4.77. The number of nitro groups is 1. The van der Waals surface area contributed by atoms with Crippen LogP contribution in [0.5, 0.6) is 5.75 Å². The van der Waals surface area contributed by atoms with Gasteiger partial charge in [0.15, 0.2) is 6.04 Å². The molecule has 3 aromatic carbocycles. The molecule has 7 heteroatoms. The molecule has 4 rings (SSSR count). The Morgan fingerprint density at radius 1 is 0.900 bits per heavy atom. The van der Waals surface area contributed by atoms with E-state index in [4.69, 9.17) is 4.74 Å². The first kappa shape index (κ1) is 19.2. The van der Waals surface area contributed by atoms with Crippen LogP contribution in [0.1, 0.15) is 22.7 Å². The first-order valence-electron chi connectivity index (χ1n) is 9.40. The number of hydrogen-bond donors (Lipinski definition) is 2. The largest absolute Gasteiger partial charge is 0.489 e. The fraction of sp³-hybridized carbons (Fsp3) is 0.0870. The number of carbonyl (C=O) groups excluding carboxylic acids is 1. The van der Waals surface area contributed by atoms with Crippen LogP contribution in [0.25, 0.3) is 5.70 Å². The van der Waals surface area contributed by atoms with Gasteiger partial charge in [0.25, 0.3) is 5.70 Å². The van der Waals surface area contributed by atoms with Crippen molar-refractivity contribution in [3.05, 3.63) is 117 Å². The third-order valence-electron chi connectivity index (χ3n) is 4.77. The second kappa shape index (κ2) is 8.48. The maximum absolute atomic E-state index is 12.4. The van der Waals surface area contributed by atoms with Gasteiger partial charge in [-0.15, -0.1) is 0 Å². The lowest BCUT2D eigenvalue weighted by molar-refractivity contribution is -0.430. The van der Waals surface area contributed by atoms with E-state index in [2.05, 4.69) is 10.6 Å². The molecule has 2 amide bonds. The predicted molar refractivity (Wildman–Crippen MR) is 112 cm³/mol. The number of rotatable bonds is 6. The molecule has 1 heterocycles. The number of carbonyl (C=O) groups is 1. The Hall–Kier alpha value is -4.13. The number of amides is 2. The van der Waals surface area contributed by atoms with Crippen molar-refractivity contribution in [3.8, 4) is 5.75 Å². The summed E-state index contributed by atoms with van der Waals surface area (Å²) in [7, 11) is 0. The molecular weight excluding hydrogens is 382 g/mol. The van der Waals surface area contributed by atoms with Gasteiger partial charge in [-0.1, -0.05) is 78.9 Å². The van der Waals surface area contributed by atoms with Crippen molar-refractivity contribution in [2.45, 2.75) is 12.6 Å². The van der Waals surface area contributed by atoms with Crippen LogP contribution in [0.4, 0.5) is 4.79 Å².